The fourth-order valence-electron chi connectivity index (χ4n) is 1.71. The summed E-state index contributed by atoms with van der Waals surface area (Å²) < 4.78 is 39.8. The molecule has 1 aromatic rings. The van der Waals surface area contributed by atoms with Crippen LogP contribution in [0.3, 0.4) is 0 Å². The third-order valence-corrected chi connectivity index (χ3v) is 2.90. The molecular weight excluding hydrogens is 285 g/mol. The van der Waals surface area contributed by atoms with Crippen LogP contribution in [0, 0.1) is 5.41 Å². The molecule has 0 heterocycles. The number of nitrogens with two attached hydrogens (primary N) is 1. The fraction of sp³-hybridized carbons (Fsp3) is 0.500. The first-order valence-corrected chi connectivity index (χ1v) is 6.47. The number of rotatable bonds is 6. The lowest BCUT2D eigenvalue weighted by atomic mass is 9.89. The Kier molecular flexibility index (Phi) is 5.60. The van der Waals surface area contributed by atoms with Gasteiger partial charge in [-0.05, 0) is 42.6 Å². The van der Waals surface area contributed by atoms with Crippen molar-refractivity contribution in [3.8, 4) is 5.75 Å². The Morgan fingerprint density at radius 2 is 1.81 bits per heavy atom. The van der Waals surface area contributed by atoms with Crippen molar-refractivity contribution in [1.29, 1.82) is 0 Å². The number of benzene rings is 1. The van der Waals surface area contributed by atoms with Crippen LogP contribution in [0.1, 0.15) is 30.6 Å². The highest BCUT2D eigenvalue weighted by molar-refractivity contribution is 5.94. The van der Waals surface area contributed by atoms with Gasteiger partial charge >= 0.3 is 6.36 Å². The molecule has 7 heteroatoms. The molecule has 1 rings (SSSR count). The minimum atomic E-state index is -4.74. The van der Waals surface area contributed by atoms with E-state index < -0.39 is 6.36 Å². The Morgan fingerprint density at radius 3 is 2.29 bits per heavy atom. The Morgan fingerprint density at radius 1 is 1.24 bits per heavy atom. The van der Waals surface area contributed by atoms with E-state index in [4.69, 9.17) is 5.73 Å². The predicted molar refractivity (Wildman–Crippen MR) is 72.9 cm³/mol. The highest BCUT2D eigenvalue weighted by Gasteiger charge is 2.31. The van der Waals surface area contributed by atoms with Gasteiger partial charge in [0.15, 0.2) is 0 Å². The zero-order chi connectivity index (χ0) is 16.1. The summed E-state index contributed by atoms with van der Waals surface area (Å²) in [7, 11) is 0. The van der Waals surface area contributed by atoms with Crippen molar-refractivity contribution in [2.45, 2.75) is 26.6 Å². The third kappa shape index (κ3) is 6.48. The maximum absolute atomic E-state index is 12.0. The molecule has 1 amide bonds. The van der Waals surface area contributed by atoms with Gasteiger partial charge < -0.3 is 15.8 Å². The van der Waals surface area contributed by atoms with Gasteiger partial charge in [0.1, 0.15) is 5.75 Å². The van der Waals surface area contributed by atoms with Crippen LogP contribution in [0.5, 0.6) is 5.75 Å². The van der Waals surface area contributed by atoms with E-state index in [1.54, 1.807) is 0 Å². The van der Waals surface area contributed by atoms with E-state index in [9.17, 15) is 18.0 Å². The summed E-state index contributed by atoms with van der Waals surface area (Å²) in [5.41, 5.74) is 5.62. The third-order valence-electron chi connectivity index (χ3n) is 2.90. The van der Waals surface area contributed by atoms with Gasteiger partial charge in [0, 0.05) is 12.1 Å². The molecule has 0 radical (unpaired) electrons. The second-order valence-corrected chi connectivity index (χ2v) is 5.46. The maximum atomic E-state index is 12.0. The highest BCUT2D eigenvalue weighted by atomic mass is 19.4. The van der Waals surface area contributed by atoms with Crippen LogP contribution in [-0.4, -0.2) is 25.4 Å². The minimum Gasteiger partial charge on any atom is -0.406 e. The van der Waals surface area contributed by atoms with E-state index in [1.807, 2.05) is 13.8 Å². The average Bonchev–Trinajstić information content (AvgIpc) is 2.35. The van der Waals surface area contributed by atoms with Crippen LogP contribution < -0.4 is 15.8 Å². The van der Waals surface area contributed by atoms with E-state index in [1.165, 1.54) is 12.1 Å². The molecule has 0 saturated heterocycles. The number of hydrogen-bond donors (Lipinski definition) is 2. The van der Waals surface area contributed by atoms with Gasteiger partial charge in [0.25, 0.3) is 5.91 Å². The number of amides is 1. The van der Waals surface area contributed by atoms with E-state index in [-0.39, 0.29) is 22.6 Å². The Hall–Kier alpha value is -1.76. The Balaban J connectivity index is 2.59. The summed E-state index contributed by atoms with van der Waals surface area (Å²) in [4.78, 5) is 11.9. The van der Waals surface area contributed by atoms with Crippen LogP contribution >= 0.6 is 0 Å². The van der Waals surface area contributed by atoms with Crippen molar-refractivity contribution >= 4 is 5.91 Å². The molecule has 0 unspecified atom stereocenters. The van der Waals surface area contributed by atoms with Crippen molar-refractivity contribution in [1.82, 2.24) is 5.32 Å². The molecule has 0 aliphatic rings. The van der Waals surface area contributed by atoms with E-state index >= 15 is 0 Å². The maximum Gasteiger partial charge on any atom is 0.573 e. The molecule has 0 spiro atoms. The first kappa shape index (κ1) is 17.3. The van der Waals surface area contributed by atoms with Crippen LogP contribution in [-0.2, 0) is 0 Å². The molecule has 118 valence electrons. The standard InChI is InChI=1S/C14H19F3N2O2/c1-13(2,7-8-18)9-19-12(20)10-3-5-11(6-4-10)21-14(15,16)17/h3-6H,7-9,18H2,1-2H3,(H,19,20). The molecule has 0 aliphatic heterocycles. The molecule has 21 heavy (non-hydrogen) atoms. The molecule has 0 aromatic heterocycles. The summed E-state index contributed by atoms with van der Waals surface area (Å²) in [6.45, 7) is 4.90. The number of halogens is 3. The SMILES string of the molecule is CC(C)(CCN)CNC(=O)c1ccc(OC(F)(F)F)cc1. The summed E-state index contributed by atoms with van der Waals surface area (Å²) in [6.07, 6.45) is -3.98. The first-order valence-electron chi connectivity index (χ1n) is 6.47. The number of carbonyl (C=O) groups is 1. The summed E-state index contributed by atoms with van der Waals surface area (Å²) in [6, 6.07) is 4.78. The van der Waals surface area contributed by atoms with Crippen molar-refractivity contribution in [2.75, 3.05) is 13.1 Å². The average molecular weight is 304 g/mol. The van der Waals surface area contributed by atoms with Gasteiger partial charge in [-0.3, -0.25) is 4.79 Å². The van der Waals surface area contributed by atoms with E-state index in [0.717, 1.165) is 18.6 Å². The molecule has 3 N–H and O–H groups in total. The number of hydrogen-bond acceptors (Lipinski definition) is 3. The zero-order valence-electron chi connectivity index (χ0n) is 12.0. The van der Waals surface area contributed by atoms with E-state index in [0.29, 0.717) is 13.1 Å². The number of ether oxygens (including phenoxy) is 1. The molecule has 0 bridgehead atoms. The summed E-state index contributed by atoms with van der Waals surface area (Å²) in [5, 5.41) is 2.73. The second-order valence-electron chi connectivity index (χ2n) is 5.46. The summed E-state index contributed by atoms with van der Waals surface area (Å²) in [5.74, 6) is -0.707. The molecule has 0 aliphatic carbocycles. The normalized spacial score (nSPS) is 12.1. The van der Waals surface area contributed by atoms with Gasteiger partial charge in [0.2, 0.25) is 0 Å². The smallest absolute Gasteiger partial charge is 0.406 e. The second kappa shape index (κ2) is 6.80. The van der Waals surface area contributed by atoms with Crippen LogP contribution in [0.2, 0.25) is 0 Å². The molecule has 0 saturated carbocycles. The lowest BCUT2D eigenvalue weighted by Gasteiger charge is -2.24. The topological polar surface area (TPSA) is 64.3 Å². The largest absolute Gasteiger partial charge is 0.573 e. The van der Waals surface area contributed by atoms with Gasteiger partial charge in [-0.25, -0.2) is 0 Å². The minimum absolute atomic E-state index is 0.135. The predicted octanol–water partition coefficient (Wildman–Crippen LogP) is 2.69. The lowest BCUT2D eigenvalue weighted by molar-refractivity contribution is -0.274. The first-order chi connectivity index (χ1) is 9.63. The highest BCUT2D eigenvalue weighted by Crippen LogP contribution is 2.23. The number of nitrogens with one attached hydrogen (secondary N) is 1. The molecular formula is C14H19F3N2O2. The number of carbonyl (C=O) groups excluding carboxylic acids is 1. The Labute approximate surface area is 121 Å². The fourth-order valence-corrected chi connectivity index (χ4v) is 1.71. The number of alkyl halides is 3. The molecule has 0 fully saturated rings. The van der Waals surface area contributed by atoms with Gasteiger partial charge in [-0.1, -0.05) is 13.8 Å². The summed E-state index contributed by atoms with van der Waals surface area (Å²) >= 11 is 0. The van der Waals surface area contributed by atoms with Crippen molar-refractivity contribution in [3.63, 3.8) is 0 Å². The Bertz CT molecular complexity index is 470. The zero-order valence-corrected chi connectivity index (χ0v) is 12.0. The van der Waals surface area contributed by atoms with Crippen LogP contribution in [0.15, 0.2) is 24.3 Å². The van der Waals surface area contributed by atoms with E-state index in [2.05, 4.69) is 10.1 Å². The quantitative estimate of drug-likeness (QED) is 0.849. The van der Waals surface area contributed by atoms with Gasteiger partial charge in [-0.15, -0.1) is 13.2 Å². The molecule has 0 atom stereocenters. The van der Waals surface area contributed by atoms with Gasteiger partial charge in [0.05, 0.1) is 0 Å². The molecule has 4 nitrogen and oxygen atoms in total. The van der Waals surface area contributed by atoms with Crippen molar-refractivity contribution in [3.05, 3.63) is 29.8 Å². The van der Waals surface area contributed by atoms with Gasteiger partial charge in [-0.2, -0.15) is 0 Å². The molecule has 1 aromatic carbocycles. The van der Waals surface area contributed by atoms with Crippen LogP contribution in [0.4, 0.5) is 13.2 Å². The lowest BCUT2D eigenvalue weighted by Crippen LogP contribution is -2.35. The monoisotopic (exact) mass is 304 g/mol. The van der Waals surface area contributed by atoms with Crippen LogP contribution in [0.25, 0.3) is 0 Å². The van der Waals surface area contributed by atoms with Crippen molar-refractivity contribution in [2.24, 2.45) is 11.1 Å². The van der Waals surface area contributed by atoms with Crippen molar-refractivity contribution < 1.29 is 22.7 Å².